The first-order valence-corrected chi connectivity index (χ1v) is 9.24. The molecule has 0 atom stereocenters. The van der Waals surface area contributed by atoms with Crippen molar-refractivity contribution < 1.29 is 14.4 Å². The number of nitrogens with one attached hydrogen (secondary N) is 2. The van der Waals surface area contributed by atoms with E-state index in [1.165, 1.54) is 0 Å². The SMILES string of the molecule is O=C(CN1CC(=O)Nc2ccccc21)Nc1ccccc1C(=O)c1ccccc1. The molecule has 0 radical (unpaired) electrons. The van der Waals surface area contributed by atoms with Gasteiger partial charge in [-0.2, -0.15) is 0 Å². The number of para-hydroxylation sites is 3. The fourth-order valence-corrected chi connectivity index (χ4v) is 3.34. The fourth-order valence-electron chi connectivity index (χ4n) is 3.34. The zero-order valence-electron chi connectivity index (χ0n) is 15.6. The number of hydrogen-bond acceptors (Lipinski definition) is 4. The van der Waals surface area contributed by atoms with Crippen molar-refractivity contribution in [3.63, 3.8) is 0 Å². The summed E-state index contributed by atoms with van der Waals surface area (Å²) >= 11 is 0. The Morgan fingerprint density at radius 1 is 0.897 bits per heavy atom. The van der Waals surface area contributed by atoms with E-state index in [1.807, 2.05) is 24.3 Å². The molecule has 29 heavy (non-hydrogen) atoms. The molecule has 0 aromatic heterocycles. The van der Waals surface area contributed by atoms with Crippen molar-refractivity contribution in [1.29, 1.82) is 0 Å². The van der Waals surface area contributed by atoms with E-state index in [-0.39, 0.29) is 30.7 Å². The van der Waals surface area contributed by atoms with Crippen LogP contribution in [0.15, 0.2) is 78.9 Å². The Morgan fingerprint density at radius 3 is 2.41 bits per heavy atom. The van der Waals surface area contributed by atoms with Crippen LogP contribution in [0, 0.1) is 0 Å². The lowest BCUT2D eigenvalue weighted by atomic mass is 10.0. The molecule has 2 amide bonds. The minimum atomic E-state index is -0.303. The molecule has 0 spiro atoms. The number of carbonyl (C=O) groups is 3. The van der Waals surface area contributed by atoms with Gasteiger partial charge in [-0.1, -0.05) is 54.6 Å². The van der Waals surface area contributed by atoms with Crippen LogP contribution in [0.3, 0.4) is 0 Å². The van der Waals surface area contributed by atoms with Crippen LogP contribution in [0.25, 0.3) is 0 Å². The summed E-state index contributed by atoms with van der Waals surface area (Å²) in [5, 5.41) is 5.62. The number of rotatable bonds is 5. The first kappa shape index (κ1) is 18.4. The number of nitrogens with zero attached hydrogens (tertiary/aromatic N) is 1. The first-order valence-electron chi connectivity index (χ1n) is 9.24. The smallest absolute Gasteiger partial charge is 0.243 e. The Bertz CT molecular complexity index is 1080. The molecular formula is C23H19N3O3. The van der Waals surface area contributed by atoms with E-state index in [4.69, 9.17) is 0 Å². The van der Waals surface area contributed by atoms with Gasteiger partial charge in [0.1, 0.15) is 0 Å². The number of carbonyl (C=O) groups excluding carboxylic acids is 3. The fraction of sp³-hybridized carbons (Fsp3) is 0.0870. The Balaban J connectivity index is 1.53. The van der Waals surface area contributed by atoms with Gasteiger partial charge in [0, 0.05) is 11.1 Å². The zero-order valence-corrected chi connectivity index (χ0v) is 15.6. The molecular weight excluding hydrogens is 366 g/mol. The number of fused-ring (bicyclic) bond motifs is 1. The minimum Gasteiger partial charge on any atom is -0.351 e. The van der Waals surface area contributed by atoms with Crippen LogP contribution in [0.1, 0.15) is 15.9 Å². The van der Waals surface area contributed by atoms with Gasteiger partial charge in [0.05, 0.1) is 30.2 Å². The van der Waals surface area contributed by atoms with E-state index in [9.17, 15) is 14.4 Å². The second-order valence-corrected chi connectivity index (χ2v) is 6.71. The lowest BCUT2D eigenvalue weighted by molar-refractivity contribution is -0.115. The zero-order chi connectivity index (χ0) is 20.2. The molecule has 3 aromatic rings. The van der Waals surface area contributed by atoms with Gasteiger partial charge < -0.3 is 15.5 Å². The van der Waals surface area contributed by atoms with Crippen LogP contribution in [0.4, 0.5) is 17.1 Å². The van der Waals surface area contributed by atoms with Crippen LogP contribution in [-0.4, -0.2) is 30.7 Å². The Kier molecular flexibility index (Phi) is 5.07. The molecule has 1 heterocycles. The molecule has 0 saturated heterocycles. The molecule has 2 N–H and O–H groups in total. The van der Waals surface area contributed by atoms with Gasteiger partial charge in [-0.15, -0.1) is 0 Å². The van der Waals surface area contributed by atoms with Gasteiger partial charge >= 0.3 is 0 Å². The van der Waals surface area contributed by atoms with Crippen molar-refractivity contribution in [2.45, 2.75) is 0 Å². The lowest BCUT2D eigenvalue weighted by Gasteiger charge is -2.30. The number of amides is 2. The molecule has 1 aliphatic rings. The van der Waals surface area contributed by atoms with Crippen molar-refractivity contribution in [2.75, 3.05) is 28.6 Å². The molecule has 0 fully saturated rings. The van der Waals surface area contributed by atoms with Crippen molar-refractivity contribution in [1.82, 2.24) is 0 Å². The highest BCUT2D eigenvalue weighted by Gasteiger charge is 2.24. The number of benzene rings is 3. The van der Waals surface area contributed by atoms with E-state index >= 15 is 0 Å². The third-order valence-electron chi connectivity index (χ3n) is 4.67. The summed E-state index contributed by atoms with van der Waals surface area (Å²) in [6, 6.07) is 23.2. The van der Waals surface area contributed by atoms with Crippen LogP contribution in [0.5, 0.6) is 0 Å². The Morgan fingerprint density at radius 2 is 1.59 bits per heavy atom. The lowest BCUT2D eigenvalue weighted by Crippen LogP contribution is -2.42. The molecule has 3 aromatic carbocycles. The van der Waals surface area contributed by atoms with Crippen molar-refractivity contribution >= 4 is 34.7 Å². The van der Waals surface area contributed by atoms with Gasteiger partial charge in [0.15, 0.2) is 5.78 Å². The monoisotopic (exact) mass is 385 g/mol. The third kappa shape index (κ3) is 4.01. The maximum absolute atomic E-state index is 12.8. The van der Waals surface area contributed by atoms with Gasteiger partial charge in [-0.3, -0.25) is 14.4 Å². The highest BCUT2D eigenvalue weighted by atomic mass is 16.2. The van der Waals surface area contributed by atoms with Crippen molar-refractivity contribution in [3.05, 3.63) is 90.0 Å². The predicted octanol–water partition coefficient (Wildman–Crippen LogP) is 3.31. The summed E-state index contributed by atoms with van der Waals surface area (Å²) in [4.78, 5) is 39.2. The molecule has 6 heteroatoms. The Labute approximate surface area is 168 Å². The van der Waals surface area contributed by atoms with E-state index in [1.54, 1.807) is 59.5 Å². The highest BCUT2D eigenvalue weighted by Crippen LogP contribution is 2.28. The number of ketones is 1. The third-order valence-corrected chi connectivity index (χ3v) is 4.67. The molecule has 0 unspecified atom stereocenters. The van der Waals surface area contributed by atoms with Crippen LogP contribution in [0.2, 0.25) is 0 Å². The predicted molar refractivity (Wildman–Crippen MR) is 112 cm³/mol. The summed E-state index contributed by atoms with van der Waals surface area (Å²) in [6.45, 7) is 0.0906. The van der Waals surface area contributed by atoms with E-state index < -0.39 is 0 Å². The molecule has 1 aliphatic heterocycles. The number of anilines is 3. The summed E-state index contributed by atoms with van der Waals surface area (Å²) < 4.78 is 0. The summed E-state index contributed by atoms with van der Waals surface area (Å²) in [7, 11) is 0. The standard InChI is InChI=1S/C23H19N3O3/c27-21(14-26-15-22(28)25-19-12-6-7-13-20(19)26)24-18-11-5-4-10-17(18)23(29)16-8-2-1-3-9-16/h1-13H,14-15H2,(H,24,27)(H,25,28). The van der Waals surface area contributed by atoms with E-state index in [0.717, 1.165) is 5.69 Å². The molecule has 0 saturated carbocycles. The topological polar surface area (TPSA) is 78.5 Å². The Hall–Kier alpha value is -3.93. The van der Waals surface area contributed by atoms with Crippen LogP contribution >= 0.6 is 0 Å². The average Bonchev–Trinajstić information content (AvgIpc) is 2.74. The average molecular weight is 385 g/mol. The van der Waals surface area contributed by atoms with E-state index in [2.05, 4.69) is 10.6 Å². The second-order valence-electron chi connectivity index (χ2n) is 6.71. The van der Waals surface area contributed by atoms with Gasteiger partial charge in [-0.05, 0) is 24.3 Å². The quantitative estimate of drug-likeness (QED) is 0.661. The molecule has 0 bridgehead atoms. The highest BCUT2D eigenvalue weighted by molar-refractivity contribution is 6.14. The maximum atomic E-state index is 12.8. The van der Waals surface area contributed by atoms with Crippen molar-refractivity contribution in [2.24, 2.45) is 0 Å². The molecule has 144 valence electrons. The summed E-state index contributed by atoms with van der Waals surface area (Å²) in [5.41, 5.74) is 2.88. The van der Waals surface area contributed by atoms with E-state index in [0.29, 0.717) is 22.5 Å². The minimum absolute atomic E-state index is 0.00169. The molecule has 0 aliphatic carbocycles. The summed E-state index contributed by atoms with van der Waals surface area (Å²) in [6.07, 6.45) is 0. The molecule has 6 nitrogen and oxygen atoms in total. The van der Waals surface area contributed by atoms with Crippen molar-refractivity contribution in [3.8, 4) is 0 Å². The van der Waals surface area contributed by atoms with Gasteiger partial charge in [0.25, 0.3) is 0 Å². The normalized spacial score (nSPS) is 12.7. The van der Waals surface area contributed by atoms with Crippen LogP contribution in [-0.2, 0) is 9.59 Å². The maximum Gasteiger partial charge on any atom is 0.243 e. The second kappa shape index (κ2) is 7.98. The largest absolute Gasteiger partial charge is 0.351 e. The number of hydrogen-bond donors (Lipinski definition) is 2. The summed E-state index contributed by atoms with van der Waals surface area (Å²) in [5.74, 6) is -0.636. The van der Waals surface area contributed by atoms with Gasteiger partial charge in [-0.25, -0.2) is 0 Å². The van der Waals surface area contributed by atoms with Crippen LogP contribution < -0.4 is 15.5 Å². The van der Waals surface area contributed by atoms with Gasteiger partial charge in [0.2, 0.25) is 11.8 Å². The first-order chi connectivity index (χ1) is 14.1. The molecule has 4 rings (SSSR count).